The van der Waals surface area contributed by atoms with Gasteiger partial charge in [-0.3, -0.25) is 0 Å². The van der Waals surface area contributed by atoms with Gasteiger partial charge in [0.05, 0.1) is 6.04 Å². The molecule has 0 radical (unpaired) electrons. The quantitative estimate of drug-likeness (QED) is 0.572. The van der Waals surface area contributed by atoms with Gasteiger partial charge in [0, 0.05) is 0 Å². The molecular formula is C8H16BrNO. The number of allylic oxidation sites excluding steroid dienone is 1. The minimum atomic E-state index is 0.0486. The first-order chi connectivity index (χ1) is 5.26. The van der Waals surface area contributed by atoms with Crippen LogP contribution in [0.4, 0.5) is 0 Å². The Morgan fingerprint density at radius 3 is 2.64 bits per heavy atom. The van der Waals surface area contributed by atoms with Gasteiger partial charge in [-0.2, -0.15) is 0 Å². The van der Waals surface area contributed by atoms with Crippen LogP contribution in [0, 0.1) is 0 Å². The molecule has 2 N–H and O–H groups in total. The van der Waals surface area contributed by atoms with E-state index in [0.29, 0.717) is 5.52 Å². The number of nitrogens with two attached hydrogens (primary N) is 1. The zero-order valence-electron chi connectivity index (χ0n) is 7.14. The average Bonchev–Trinajstić information content (AvgIpc) is 2.03. The topological polar surface area (TPSA) is 35.2 Å². The van der Waals surface area contributed by atoms with Crippen LogP contribution >= 0.6 is 15.9 Å². The standard InChI is InChI=1S/C8H16BrNO/c1-3-5-8(11-6-9)7(10)4-2/h5,7H,3-4,6,10H2,1-2H3/b8-5-. The van der Waals surface area contributed by atoms with E-state index in [1.165, 1.54) is 0 Å². The summed E-state index contributed by atoms with van der Waals surface area (Å²) in [5.74, 6) is 0.895. The van der Waals surface area contributed by atoms with E-state index in [4.69, 9.17) is 10.5 Å². The van der Waals surface area contributed by atoms with Crippen LogP contribution in [-0.4, -0.2) is 11.6 Å². The molecule has 0 aliphatic heterocycles. The lowest BCUT2D eigenvalue weighted by molar-refractivity contribution is 0.248. The molecule has 0 aromatic carbocycles. The van der Waals surface area contributed by atoms with Crippen LogP contribution in [0.2, 0.25) is 0 Å². The summed E-state index contributed by atoms with van der Waals surface area (Å²) in [6, 6.07) is 0.0486. The van der Waals surface area contributed by atoms with Crippen molar-refractivity contribution < 1.29 is 4.74 Å². The van der Waals surface area contributed by atoms with Crippen LogP contribution < -0.4 is 5.73 Å². The lowest BCUT2D eigenvalue weighted by Crippen LogP contribution is -2.22. The maximum Gasteiger partial charge on any atom is 0.142 e. The van der Waals surface area contributed by atoms with Gasteiger partial charge in [0.1, 0.15) is 11.3 Å². The molecule has 0 saturated heterocycles. The van der Waals surface area contributed by atoms with Gasteiger partial charge in [-0.25, -0.2) is 0 Å². The highest BCUT2D eigenvalue weighted by atomic mass is 79.9. The number of ether oxygens (including phenoxy) is 1. The van der Waals surface area contributed by atoms with Gasteiger partial charge < -0.3 is 10.5 Å². The summed E-state index contributed by atoms with van der Waals surface area (Å²) in [5.41, 5.74) is 6.30. The Bertz CT molecular complexity index is 125. The molecule has 11 heavy (non-hydrogen) atoms. The van der Waals surface area contributed by atoms with Crippen LogP contribution in [0.15, 0.2) is 11.8 Å². The van der Waals surface area contributed by atoms with Gasteiger partial charge in [-0.15, -0.1) is 0 Å². The second kappa shape index (κ2) is 6.68. The Balaban J connectivity index is 3.97. The van der Waals surface area contributed by atoms with Gasteiger partial charge >= 0.3 is 0 Å². The summed E-state index contributed by atoms with van der Waals surface area (Å²) in [4.78, 5) is 0. The van der Waals surface area contributed by atoms with Crippen LogP contribution in [0.3, 0.4) is 0 Å². The summed E-state index contributed by atoms with van der Waals surface area (Å²) < 4.78 is 5.29. The first kappa shape index (κ1) is 11.0. The van der Waals surface area contributed by atoms with Crippen LogP contribution in [-0.2, 0) is 4.74 Å². The summed E-state index contributed by atoms with van der Waals surface area (Å²) in [6.45, 7) is 4.12. The average molecular weight is 222 g/mol. The summed E-state index contributed by atoms with van der Waals surface area (Å²) in [6.07, 6.45) is 3.91. The van der Waals surface area contributed by atoms with Crippen LogP contribution in [0.5, 0.6) is 0 Å². The first-order valence-electron chi connectivity index (χ1n) is 3.90. The summed E-state index contributed by atoms with van der Waals surface area (Å²) in [7, 11) is 0. The van der Waals surface area contributed by atoms with Crippen molar-refractivity contribution in [2.75, 3.05) is 5.52 Å². The third kappa shape index (κ3) is 4.43. The third-order valence-electron chi connectivity index (χ3n) is 1.43. The van der Waals surface area contributed by atoms with Crippen LogP contribution in [0.25, 0.3) is 0 Å². The second-order valence-corrected chi connectivity index (χ2v) is 2.74. The first-order valence-corrected chi connectivity index (χ1v) is 5.02. The summed E-state index contributed by atoms with van der Waals surface area (Å²) in [5, 5.41) is 0. The predicted molar refractivity (Wildman–Crippen MR) is 51.5 cm³/mol. The molecule has 1 unspecified atom stereocenters. The van der Waals surface area contributed by atoms with Gasteiger partial charge in [0.15, 0.2) is 0 Å². The molecule has 2 nitrogen and oxygen atoms in total. The molecule has 0 amide bonds. The van der Waals surface area contributed by atoms with Gasteiger partial charge in [0.25, 0.3) is 0 Å². The normalized spacial score (nSPS) is 14.7. The maximum absolute atomic E-state index is 5.78. The second-order valence-electron chi connectivity index (χ2n) is 2.28. The largest absolute Gasteiger partial charge is 0.485 e. The van der Waals surface area contributed by atoms with Gasteiger partial charge in [0.2, 0.25) is 0 Å². The molecule has 0 rings (SSSR count). The minimum absolute atomic E-state index is 0.0486. The Kier molecular flexibility index (Phi) is 6.66. The van der Waals surface area contributed by atoms with Crippen molar-refractivity contribution in [3.63, 3.8) is 0 Å². The van der Waals surface area contributed by atoms with E-state index in [0.717, 1.165) is 18.6 Å². The Labute approximate surface area is 76.9 Å². The molecule has 0 spiro atoms. The van der Waals surface area contributed by atoms with E-state index in [1.807, 2.05) is 13.0 Å². The fraction of sp³-hybridized carbons (Fsp3) is 0.750. The highest BCUT2D eigenvalue weighted by molar-refractivity contribution is 9.09. The Hall–Kier alpha value is -0.0200. The molecule has 0 bridgehead atoms. The number of hydrogen-bond donors (Lipinski definition) is 1. The van der Waals surface area contributed by atoms with Crippen molar-refractivity contribution in [3.8, 4) is 0 Å². The molecule has 0 aromatic heterocycles. The van der Waals surface area contributed by atoms with Crippen molar-refractivity contribution in [2.24, 2.45) is 5.73 Å². The molecule has 3 heteroatoms. The summed E-state index contributed by atoms with van der Waals surface area (Å²) >= 11 is 3.20. The third-order valence-corrected chi connectivity index (χ3v) is 1.66. The van der Waals surface area contributed by atoms with Gasteiger partial charge in [-0.05, 0) is 34.8 Å². The highest BCUT2D eigenvalue weighted by Gasteiger charge is 2.06. The smallest absolute Gasteiger partial charge is 0.142 e. The molecule has 0 aliphatic rings. The van der Waals surface area contributed by atoms with E-state index in [-0.39, 0.29) is 6.04 Å². The fourth-order valence-electron chi connectivity index (χ4n) is 0.783. The highest BCUT2D eigenvalue weighted by Crippen LogP contribution is 2.07. The van der Waals surface area contributed by atoms with E-state index in [1.54, 1.807) is 0 Å². The van der Waals surface area contributed by atoms with Crippen molar-refractivity contribution in [1.29, 1.82) is 0 Å². The molecule has 0 fully saturated rings. The molecule has 0 heterocycles. The fourth-order valence-corrected chi connectivity index (χ4v) is 1.05. The van der Waals surface area contributed by atoms with Crippen molar-refractivity contribution in [2.45, 2.75) is 32.7 Å². The lowest BCUT2D eigenvalue weighted by Gasteiger charge is -2.13. The number of alkyl halides is 1. The molecule has 1 atom stereocenters. The zero-order valence-corrected chi connectivity index (χ0v) is 8.73. The Morgan fingerprint density at radius 2 is 2.27 bits per heavy atom. The number of rotatable bonds is 5. The molecule has 0 aliphatic carbocycles. The van der Waals surface area contributed by atoms with E-state index in [9.17, 15) is 0 Å². The van der Waals surface area contributed by atoms with E-state index >= 15 is 0 Å². The van der Waals surface area contributed by atoms with Crippen molar-refractivity contribution in [1.82, 2.24) is 0 Å². The minimum Gasteiger partial charge on any atom is -0.485 e. The predicted octanol–water partition coefficient (Wildman–Crippen LogP) is 2.39. The number of hydrogen-bond acceptors (Lipinski definition) is 2. The van der Waals surface area contributed by atoms with Crippen LogP contribution in [0.1, 0.15) is 26.7 Å². The zero-order chi connectivity index (χ0) is 8.69. The molecule has 0 aromatic rings. The number of halogens is 1. The molecule has 66 valence electrons. The monoisotopic (exact) mass is 221 g/mol. The van der Waals surface area contributed by atoms with Gasteiger partial charge in [-0.1, -0.05) is 13.8 Å². The molecular weight excluding hydrogens is 206 g/mol. The molecule has 0 saturated carbocycles. The SMILES string of the molecule is CC/C=C(\OCBr)C(N)CC. The van der Waals surface area contributed by atoms with Crippen molar-refractivity contribution in [3.05, 3.63) is 11.8 Å². The Morgan fingerprint density at radius 1 is 1.64 bits per heavy atom. The maximum atomic E-state index is 5.78. The van der Waals surface area contributed by atoms with Crippen molar-refractivity contribution >= 4 is 15.9 Å². The van der Waals surface area contributed by atoms with E-state index in [2.05, 4.69) is 22.9 Å². The van der Waals surface area contributed by atoms with E-state index < -0.39 is 0 Å². The lowest BCUT2D eigenvalue weighted by atomic mass is 10.2.